The molecule has 1 aliphatic heterocycles. The lowest BCUT2D eigenvalue weighted by atomic mass is 9.97. The minimum atomic E-state index is -0.167. The van der Waals surface area contributed by atoms with Crippen LogP contribution in [0.2, 0.25) is 0 Å². The molecule has 2 heterocycles. The molecule has 0 aliphatic carbocycles. The van der Waals surface area contributed by atoms with Crippen LogP contribution in [0, 0.1) is 0 Å². The topological polar surface area (TPSA) is 71.5 Å². The summed E-state index contributed by atoms with van der Waals surface area (Å²) in [4.78, 5) is 16.5. The van der Waals surface area contributed by atoms with E-state index in [0.717, 1.165) is 22.3 Å². The number of aromatic nitrogens is 1. The molecule has 0 bridgehead atoms. The third-order valence-corrected chi connectivity index (χ3v) is 4.21. The molecule has 0 fully saturated rings. The molecule has 0 saturated carbocycles. The Balaban J connectivity index is 1.52. The van der Waals surface area contributed by atoms with Gasteiger partial charge in [0.2, 0.25) is 0 Å². The van der Waals surface area contributed by atoms with Gasteiger partial charge in [0.15, 0.2) is 0 Å². The largest absolute Gasteiger partial charge is 0.508 e. The van der Waals surface area contributed by atoms with E-state index >= 15 is 0 Å². The Kier molecular flexibility index (Phi) is 3.82. The average Bonchev–Trinajstić information content (AvgIpc) is 2.66. The van der Waals surface area contributed by atoms with Crippen LogP contribution in [0.15, 0.2) is 60.9 Å². The number of nitrogens with one attached hydrogen (secondary N) is 1. The van der Waals surface area contributed by atoms with Gasteiger partial charge in [0.1, 0.15) is 18.1 Å². The van der Waals surface area contributed by atoms with Crippen molar-refractivity contribution in [1.82, 2.24) is 10.3 Å². The van der Waals surface area contributed by atoms with E-state index in [0.29, 0.717) is 24.5 Å². The number of ether oxygens (including phenoxy) is 1. The number of pyridine rings is 1. The van der Waals surface area contributed by atoms with Crippen LogP contribution < -0.4 is 10.1 Å². The van der Waals surface area contributed by atoms with Crippen molar-refractivity contribution in [3.63, 3.8) is 0 Å². The Bertz CT molecular complexity index is 936. The lowest BCUT2D eigenvalue weighted by Gasteiger charge is -2.20. The number of hydrogen-bond acceptors (Lipinski definition) is 4. The van der Waals surface area contributed by atoms with Crippen molar-refractivity contribution in [2.75, 3.05) is 0 Å². The van der Waals surface area contributed by atoms with Crippen LogP contribution in [0.25, 0.3) is 11.1 Å². The highest BCUT2D eigenvalue weighted by Crippen LogP contribution is 2.37. The number of amides is 1. The van der Waals surface area contributed by atoms with Gasteiger partial charge < -0.3 is 15.2 Å². The first-order chi connectivity index (χ1) is 12.2. The normalized spacial score (nSPS) is 11.8. The van der Waals surface area contributed by atoms with Crippen LogP contribution in [0.3, 0.4) is 0 Å². The molecule has 0 saturated heterocycles. The highest BCUT2D eigenvalue weighted by Gasteiger charge is 2.18. The van der Waals surface area contributed by atoms with Gasteiger partial charge in [-0.05, 0) is 47.5 Å². The second-order valence-electron chi connectivity index (χ2n) is 5.88. The zero-order valence-electron chi connectivity index (χ0n) is 13.4. The molecule has 4 rings (SSSR count). The number of phenols is 1. The highest BCUT2D eigenvalue weighted by molar-refractivity contribution is 5.95. The fraction of sp³-hybridized carbons (Fsp3) is 0.100. The standard InChI is InChI=1S/C20H16N2O3/c23-16-4-1-13(2-5-16)10-22-20(24)14-3-6-18-17-7-8-21-11-15(17)12-25-19(18)9-14/h1-9,11,23H,10,12H2,(H,22,24). The summed E-state index contributed by atoms with van der Waals surface area (Å²) in [5.41, 5.74) is 4.57. The molecule has 5 heteroatoms. The van der Waals surface area contributed by atoms with Crippen LogP contribution in [-0.4, -0.2) is 16.0 Å². The van der Waals surface area contributed by atoms with Gasteiger partial charge in [0, 0.05) is 35.6 Å². The Morgan fingerprint density at radius 1 is 1.12 bits per heavy atom. The van der Waals surface area contributed by atoms with Crippen molar-refractivity contribution in [2.45, 2.75) is 13.2 Å². The van der Waals surface area contributed by atoms with Gasteiger partial charge in [-0.3, -0.25) is 9.78 Å². The number of hydrogen-bond donors (Lipinski definition) is 2. The molecular weight excluding hydrogens is 316 g/mol. The summed E-state index contributed by atoms with van der Waals surface area (Å²) >= 11 is 0. The smallest absolute Gasteiger partial charge is 0.251 e. The summed E-state index contributed by atoms with van der Waals surface area (Å²) in [6, 6.07) is 14.2. The molecule has 1 amide bonds. The van der Waals surface area contributed by atoms with Crippen molar-refractivity contribution in [3.8, 4) is 22.6 Å². The van der Waals surface area contributed by atoms with E-state index in [4.69, 9.17) is 4.74 Å². The van der Waals surface area contributed by atoms with E-state index in [1.165, 1.54) is 0 Å². The fourth-order valence-electron chi connectivity index (χ4n) is 2.86. The predicted molar refractivity (Wildman–Crippen MR) is 93.3 cm³/mol. The number of phenolic OH excluding ortho intramolecular Hbond substituents is 1. The zero-order valence-corrected chi connectivity index (χ0v) is 13.4. The summed E-state index contributed by atoms with van der Waals surface area (Å²) in [6.07, 6.45) is 3.56. The highest BCUT2D eigenvalue weighted by atomic mass is 16.5. The molecule has 2 N–H and O–H groups in total. The molecule has 1 aromatic heterocycles. The maximum atomic E-state index is 12.4. The quantitative estimate of drug-likeness (QED) is 0.772. The van der Waals surface area contributed by atoms with Gasteiger partial charge in [0.25, 0.3) is 5.91 Å². The van der Waals surface area contributed by atoms with Crippen molar-refractivity contribution < 1.29 is 14.6 Å². The Morgan fingerprint density at radius 3 is 2.80 bits per heavy atom. The second kappa shape index (κ2) is 6.28. The van der Waals surface area contributed by atoms with Gasteiger partial charge >= 0.3 is 0 Å². The zero-order chi connectivity index (χ0) is 17.2. The number of aromatic hydroxyl groups is 1. The van der Waals surface area contributed by atoms with E-state index < -0.39 is 0 Å². The van der Waals surface area contributed by atoms with Crippen molar-refractivity contribution in [2.24, 2.45) is 0 Å². The SMILES string of the molecule is O=C(NCc1ccc(O)cc1)c1ccc2c(c1)OCc1cnccc1-2. The lowest BCUT2D eigenvalue weighted by molar-refractivity contribution is 0.0950. The second-order valence-corrected chi connectivity index (χ2v) is 5.88. The van der Waals surface area contributed by atoms with Gasteiger partial charge in [-0.25, -0.2) is 0 Å². The number of carbonyl (C=O) groups excluding carboxylic acids is 1. The average molecular weight is 332 g/mol. The Morgan fingerprint density at radius 2 is 1.96 bits per heavy atom. The van der Waals surface area contributed by atoms with Gasteiger partial charge in [0.05, 0.1) is 0 Å². The van der Waals surface area contributed by atoms with Crippen LogP contribution in [0.1, 0.15) is 21.5 Å². The number of benzene rings is 2. The van der Waals surface area contributed by atoms with Crippen molar-refractivity contribution in [1.29, 1.82) is 0 Å². The summed E-state index contributed by atoms with van der Waals surface area (Å²) in [5, 5.41) is 12.2. The molecule has 0 spiro atoms. The van der Waals surface area contributed by atoms with E-state index in [1.807, 2.05) is 12.1 Å². The molecular formula is C20H16N2O3. The van der Waals surface area contributed by atoms with Crippen LogP contribution >= 0.6 is 0 Å². The molecule has 5 nitrogen and oxygen atoms in total. The van der Waals surface area contributed by atoms with Crippen molar-refractivity contribution in [3.05, 3.63) is 77.6 Å². The van der Waals surface area contributed by atoms with E-state index in [1.54, 1.807) is 48.8 Å². The molecule has 3 aromatic rings. The number of fused-ring (bicyclic) bond motifs is 3. The molecule has 1 aliphatic rings. The summed E-state index contributed by atoms with van der Waals surface area (Å²) in [5.74, 6) is 0.744. The Hall–Kier alpha value is -3.34. The maximum absolute atomic E-state index is 12.4. The Labute approximate surface area is 144 Å². The van der Waals surface area contributed by atoms with Crippen LogP contribution in [0.4, 0.5) is 0 Å². The molecule has 25 heavy (non-hydrogen) atoms. The molecule has 124 valence electrons. The van der Waals surface area contributed by atoms with Crippen LogP contribution in [0.5, 0.6) is 11.5 Å². The fourth-order valence-corrected chi connectivity index (χ4v) is 2.86. The molecule has 0 radical (unpaired) electrons. The van der Waals surface area contributed by atoms with Crippen molar-refractivity contribution >= 4 is 5.91 Å². The van der Waals surface area contributed by atoms with E-state index in [2.05, 4.69) is 10.3 Å². The lowest BCUT2D eigenvalue weighted by Crippen LogP contribution is -2.23. The molecule has 0 atom stereocenters. The number of carbonyl (C=O) groups is 1. The van der Waals surface area contributed by atoms with Crippen LogP contribution in [-0.2, 0) is 13.2 Å². The van der Waals surface area contributed by atoms with Gasteiger partial charge in [-0.15, -0.1) is 0 Å². The summed E-state index contributed by atoms with van der Waals surface area (Å²) in [6.45, 7) is 0.848. The molecule has 2 aromatic carbocycles. The molecule has 0 unspecified atom stereocenters. The predicted octanol–water partition coefficient (Wildman–Crippen LogP) is 3.28. The third kappa shape index (κ3) is 3.04. The first kappa shape index (κ1) is 15.2. The summed E-state index contributed by atoms with van der Waals surface area (Å²) in [7, 11) is 0. The first-order valence-corrected chi connectivity index (χ1v) is 7.97. The van der Waals surface area contributed by atoms with E-state index in [-0.39, 0.29) is 11.7 Å². The van der Waals surface area contributed by atoms with Gasteiger partial charge in [-0.2, -0.15) is 0 Å². The minimum Gasteiger partial charge on any atom is -0.508 e. The van der Waals surface area contributed by atoms with Gasteiger partial charge in [-0.1, -0.05) is 12.1 Å². The third-order valence-electron chi connectivity index (χ3n) is 4.21. The monoisotopic (exact) mass is 332 g/mol. The maximum Gasteiger partial charge on any atom is 0.251 e. The van der Waals surface area contributed by atoms with E-state index in [9.17, 15) is 9.90 Å². The number of rotatable bonds is 3. The minimum absolute atomic E-state index is 0.167. The summed E-state index contributed by atoms with van der Waals surface area (Å²) < 4.78 is 5.77. The first-order valence-electron chi connectivity index (χ1n) is 7.97. The number of nitrogens with zero attached hydrogens (tertiary/aromatic N) is 1.